The highest BCUT2D eigenvalue weighted by Gasteiger charge is 2.08. The van der Waals surface area contributed by atoms with Crippen molar-refractivity contribution in [3.05, 3.63) is 107 Å². The zero-order chi connectivity index (χ0) is 20.1. The summed E-state index contributed by atoms with van der Waals surface area (Å²) in [5, 5.41) is 7.97. The minimum Gasteiger partial charge on any atom is -0.326 e. The van der Waals surface area contributed by atoms with Gasteiger partial charge in [0.25, 0.3) is 0 Å². The number of hydrogen-bond acceptors (Lipinski definition) is 2. The molecule has 0 saturated carbocycles. The largest absolute Gasteiger partial charge is 0.326 e. The Morgan fingerprint density at radius 2 is 1.62 bits per heavy atom. The number of amides is 1. The van der Waals surface area contributed by atoms with Crippen molar-refractivity contribution < 1.29 is 4.79 Å². The van der Waals surface area contributed by atoms with Crippen molar-refractivity contribution in [3.8, 4) is 11.1 Å². The summed E-state index contributed by atoms with van der Waals surface area (Å²) in [7, 11) is 0. The first-order chi connectivity index (χ1) is 14.2. The van der Waals surface area contributed by atoms with Crippen molar-refractivity contribution in [1.82, 2.24) is 9.78 Å². The number of nitrogens with zero attached hydrogens (tertiary/aromatic N) is 2. The van der Waals surface area contributed by atoms with Crippen LogP contribution in [-0.2, 0) is 17.8 Å². The normalized spacial score (nSPS) is 10.7. The summed E-state index contributed by atoms with van der Waals surface area (Å²) in [6, 6.07) is 25.4. The van der Waals surface area contributed by atoms with E-state index in [1.807, 2.05) is 77.7 Å². The van der Waals surface area contributed by atoms with E-state index in [9.17, 15) is 4.79 Å². The number of aromatic nitrogens is 2. The van der Waals surface area contributed by atoms with Crippen molar-refractivity contribution in [1.29, 1.82) is 0 Å². The fraction of sp³-hybridized carbons (Fsp3) is 0.0833. The molecule has 0 aliphatic carbocycles. The van der Waals surface area contributed by atoms with Crippen molar-refractivity contribution >= 4 is 23.2 Å². The lowest BCUT2D eigenvalue weighted by Crippen LogP contribution is -2.14. The van der Waals surface area contributed by atoms with E-state index in [4.69, 9.17) is 11.6 Å². The number of anilines is 1. The molecule has 0 bridgehead atoms. The van der Waals surface area contributed by atoms with Gasteiger partial charge < -0.3 is 5.32 Å². The van der Waals surface area contributed by atoms with Crippen LogP contribution in [0.2, 0.25) is 5.02 Å². The SMILES string of the molecule is O=C(Cc1ccccc1Cl)Nc1ccc(-c2cnn(Cc3ccccc3)c2)cc1. The van der Waals surface area contributed by atoms with Crippen LogP contribution < -0.4 is 5.32 Å². The molecule has 1 heterocycles. The van der Waals surface area contributed by atoms with Gasteiger partial charge in [-0.2, -0.15) is 5.10 Å². The number of carbonyl (C=O) groups is 1. The van der Waals surface area contributed by atoms with Gasteiger partial charge in [0.05, 0.1) is 19.2 Å². The van der Waals surface area contributed by atoms with E-state index in [1.165, 1.54) is 5.56 Å². The molecule has 0 unspecified atom stereocenters. The van der Waals surface area contributed by atoms with Gasteiger partial charge in [-0.25, -0.2) is 0 Å². The summed E-state index contributed by atoms with van der Waals surface area (Å²) >= 11 is 6.13. The maximum atomic E-state index is 12.3. The van der Waals surface area contributed by atoms with Crippen LogP contribution in [0.15, 0.2) is 91.3 Å². The van der Waals surface area contributed by atoms with Crippen LogP contribution in [0.25, 0.3) is 11.1 Å². The minimum absolute atomic E-state index is 0.0958. The van der Waals surface area contributed by atoms with Gasteiger partial charge in [-0.1, -0.05) is 72.3 Å². The third-order valence-electron chi connectivity index (χ3n) is 4.63. The second-order valence-corrected chi connectivity index (χ2v) is 7.21. The van der Waals surface area contributed by atoms with Gasteiger partial charge in [0.1, 0.15) is 0 Å². The molecule has 0 saturated heterocycles. The molecule has 0 aliphatic heterocycles. The Morgan fingerprint density at radius 3 is 2.38 bits per heavy atom. The fourth-order valence-electron chi connectivity index (χ4n) is 3.14. The highest BCUT2D eigenvalue weighted by atomic mass is 35.5. The fourth-order valence-corrected chi connectivity index (χ4v) is 3.34. The molecule has 4 rings (SSSR count). The average molecular weight is 402 g/mol. The maximum Gasteiger partial charge on any atom is 0.228 e. The van der Waals surface area contributed by atoms with Gasteiger partial charge >= 0.3 is 0 Å². The maximum absolute atomic E-state index is 12.3. The van der Waals surface area contributed by atoms with E-state index in [-0.39, 0.29) is 12.3 Å². The number of nitrogens with one attached hydrogen (secondary N) is 1. The first-order valence-corrected chi connectivity index (χ1v) is 9.75. The molecule has 4 aromatic rings. The average Bonchev–Trinajstić information content (AvgIpc) is 3.19. The third kappa shape index (κ3) is 4.92. The summed E-state index contributed by atoms with van der Waals surface area (Å²) in [5.41, 5.74) is 4.86. The summed E-state index contributed by atoms with van der Waals surface area (Å²) < 4.78 is 1.92. The summed E-state index contributed by atoms with van der Waals surface area (Å²) in [5.74, 6) is -0.0958. The zero-order valence-electron chi connectivity index (χ0n) is 15.8. The third-order valence-corrected chi connectivity index (χ3v) is 5.00. The van der Waals surface area contributed by atoms with E-state index in [2.05, 4.69) is 22.5 Å². The molecule has 1 amide bonds. The first kappa shape index (κ1) is 19.0. The summed E-state index contributed by atoms with van der Waals surface area (Å²) in [6.07, 6.45) is 4.12. The second kappa shape index (κ2) is 8.76. The first-order valence-electron chi connectivity index (χ1n) is 9.37. The predicted octanol–water partition coefficient (Wildman–Crippen LogP) is 5.43. The lowest BCUT2D eigenvalue weighted by molar-refractivity contribution is -0.115. The van der Waals surface area contributed by atoms with Crippen molar-refractivity contribution in [3.63, 3.8) is 0 Å². The molecule has 0 fully saturated rings. The van der Waals surface area contributed by atoms with Crippen molar-refractivity contribution in [2.24, 2.45) is 0 Å². The van der Waals surface area contributed by atoms with Crippen LogP contribution in [0.4, 0.5) is 5.69 Å². The monoisotopic (exact) mass is 401 g/mol. The smallest absolute Gasteiger partial charge is 0.228 e. The molecule has 0 aliphatic rings. The quantitative estimate of drug-likeness (QED) is 0.468. The van der Waals surface area contributed by atoms with Crippen LogP contribution in [0, 0.1) is 0 Å². The van der Waals surface area contributed by atoms with Gasteiger partial charge in [-0.15, -0.1) is 0 Å². The molecular formula is C24H20ClN3O. The summed E-state index contributed by atoms with van der Waals surface area (Å²) in [4.78, 5) is 12.3. The Bertz CT molecular complexity index is 1100. The number of carbonyl (C=O) groups excluding carboxylic acids is 1. The molecule has 1 aromatic heterocycles. The topological polar surface area (TPSA) is 46.9 Å². The van der Waals surface area contributed by atoms with Crippen molar-refractivity contribution in [2.75, 3.05) is 5.32 Å². The molecule has 29 heavy (non-hydrogen) atoms. The van der Waals surface area contributed by atoms with Crippen LogP contribution in [-0.4, -0.2) is 15.7 Å². The number of hydrogen-bond donors (Lipinski definition) is 1. The number of halogens is 1. The molecular weight excluding hydrogens is 382 g/mol. The van der Waals surface area contributed by atoms with Gasteiger partial charge in [0.2, 0.25) is 5.91 Å². The Balaban J connectivity index is 1.39. The lowest BCUT2D eigenvalue weighted by Gasteiger charge is -2.07. The van der Waals surface area contributed by atoms with E-state index in [1.54, 1.807) is 6.07 Å². The standard InChI is InChI=1S/C24H20ClN3O/c25-23-9-5-4-8-20(23)14-24(29)27-22-12-10-19(11-13-22)21-15-26-28(17-21)16-18-6-2-1-3-7-18/h1-13,15,17H,14,16H2,(H,27,29). The molecule has 4 nitrogen and oxygen atoms in total. The van der Waals surface area contributed by atoms with Crippen LogP contribution in [0.3, 0.4) is 0 Å². The highest BCUT2D eigenvalue weighted by molar-refractivity contribution is 6.31. The Morgan fingerprint density at radius 1 is 0.897 bits per heavy atom. The molecule has 5 heteroatoms. The molecule has 1 N–H and O–H groups in total. The van der Waals surface area contributed by atoms with Gasteiger partial charge in [-0.05, 0) is 34.9 Å². The lowest BCUT2D eigenvalue weighted by atomic mass is 10.1. The molecule has 144 valence electrons. The van der Waals surface area contributed by atoms with Crippen molar-refractivity contribution in [2.45, 2.75) is 13.0 Å². The number of benzene rings is 3. The predicted molar refractivity (Wildman–Crippen MR) is 117 cm³/mol. The molecule has 3 aromatic carbocycles. The van der Waals surface area contributed by atoms with Gasteiger partial charge in [0, 0.05) is 22.5 Å². The minimum atomic E-state index is -0.0958. The van der Waals surface area contributed by atoms with E-state index < -0.39 is 0 Å². The second-order valence-electron chi connectivity index (χ2n) is 6.81. The molecule has 0 spiro atoms. The highest BCUT2D eigenvalue weighted by Crippen LogP contribution is 2.22. The molecule has 0 atom stereocenters. The van der Waals surface area contributed by atoms with Gasteiger partial charge in [0.15, 0.2) is 0 Å². The number of rotatable bonds is 6. The Labute approximate surface area is 174 Å². The van der Waals surface area contributed by atoms with Crippen LogP contribution in [0.5, 0.6) is 0 Å². The van der Waals surface area contributed by atoms with Crippen LogP contribution in [0.1, 0.15) is 11.1 Å². The van der Waals surface area contributed by atoms with E-state index in [0.29, 0.717) is 5.02 Å². The Hall–Kier alpha value is -3.37. The Kier molecular flexibility index (Phi) is 5.73. The van der Waals surface area contributed by atoms with E-state index >= 15 is 0 Å². The van der Waals surface area contributed by atoms with Gasteiger partial charge in [-0.3, -0.25) is 9.48 Å². The van der Waals surface area contributed by atoms with Crippen LogP contribution >= 0.6 is 11.6 Å². The zero-order valence-corrected chi connectivity index (χ0v) is 16.5. The van der Waals surface area contributed by atoms with E-state index in [0.717, 1.165) is 28.9 Å². The molecule has 0 radical (unpaired) electrons. The summed E-state index contributed by atoms with van der Waals surface area (Å²) in [6.45, 7) is 0.733.